The maximum atomic E-state index is 10.0. The van der Waals surface area contributed by atoms with E-state index in [2.05, 4.69) is 31.6 Å². The number of carbonyl (C=O) groups is 1. The van der Waals surface area contributed by atoms with E-state index in [-0.39, 0.29) is 6.61 Å². The molecule has 6 heteroatoms. The summed E-state index contributed by atoms with van der Waals surface area (Å²) in [6.45, 7) is 4.61. The monoisotopic (exact) mass is 236 g/mol. The minimum atomic E-state index is 0.180. The number of aromatic nitrogens is 2. The number of anilines is 1. The van der Waals surface area contributed by atoms with Gasteiger partial charge in [-0.15, -0.1) is 0 Å². The van der Waals surface area contributed by atoms with Gasteiger partial charge in [0.05, 0.1) is 18.1 Å². The molecule has 0 saturated carbocycles. The van der Waals surface area contributed by atoms with Crippen LogP contribution in [0.1, 0.15) is 5.69 Å². The van der Waals surface area contributed by atoms with Gasteiger partial charge in [0, 0.05) is 26.2 Å². The number of nitrogens with zero attached hydrogens (tertiary/aromatic N) is 4. The first-order chi connectivity index (χ1) is 8.29. The van der Waals surface area contributed by atoms with Crippen molar-refractivity contribution < 1.29 is 9.53 Å². The maximum Gasteiger partial charge on any atom is 0.293 e. The number of carbonyl (C=O) groups excluding carboxylic acids is 1. The van der Waals surface area contributed by atoms with Gasteiger partial charge in [-0.3, -0.25) is 9.78 Å². The predicted octanol–water partition coefficient (Wildman–Crippen LogP) is -0.0986. The average Bonchev–Trinajstić information content (AvgIpc) is 2.38. The van der Waals surface area contributed by atoms with Gasteiger partial charge in [-0.1, -0.05) is 0 Å². The Labute approximate surface area is 100 Å². The number of likely N-dealkylation sites (N-methyl/N-ethyl adjacent to an activating group) is 1. The van der Waals surface area contributed by atoms with Crippen LogP contribution < -0.4 is 4.90 Å². The maximum absolute atomic E-state index is 10.0. The van der Waals surface area contributed by atoms with Gasteiger partial charge in [0.15, 0.2) is 0 Å². The Morgan fingerprint density at radius 1 is 1.29 bits per heavy atom. The summed E-state index contributed by atoms with van der Waals surface area (Å²) in [5.41, 5.74) is 0.662. The van der Waals surface area contributed by atoms with Gasteiger partial charge in [0.2, 0.25) is 0 Å². The smallest absolute Gasteiger partial charge is 0.293 e. The van der Waals surface area contributed by atoms with Crippen molar-refractivity contribution in [3.8, 4) is 0 Å². The molecule has 0 spiro atoms. The highest BCUT2D eigenvalue weighted by atomic mass is 16.5. The summed E-state index contributed by atoms with van der Waals surface area (Å²) in [5, 5.41) is 0. The van der Waals surface area contributed by atoms with Crippen molar-refractivity contribution in [3.05, 3.63) is 18.1 Å². The summed E-state index contributed by atoms with van der Waals surface area (Å²) in [7, 11) is 2.11. The molecule has 1 aromatic rings. The van der Waals surface area contributed by atoms with E-state index in [4.69, 9.17) is 0 Å². The largest absolute Gasteiger partial charge is 0.461 e. The number of ether oxygens (including phenoxy) is 1. The second kappa shape index (κ2) is 5.58. The second-order valence-corrected chi connectivity index (χ2v) is 4.06. The zero-order valence-corrected chi connectivity index (χ0v) is 9.87. The van der Waals surface area contributed by atoms with Gasteiger partial charge >= 0.3 is 0 Å². The van der Waals surface area contributed by atoms with Crippen LogP contribution in [0.15, 0.2) is 12.4 Å². The predicted molar refractivity (Wildman–Crippen MR) is 62.6 cm³/mol. The zero-order chi connectivity index (χ0) is 12.1. The number of piperazine rings is 1. The fourth-order valence-electron chi connectivity index (χ4n) is 1.74. The number of rotatable bonds is 4. The average molecular weight is 236 g/mol. The Bertz CT molecular complexity index is 360. The Kier molecular flexibility index (Phi) is 3.87. The molecule has 0 aliphatic carbocycles. The van der Waals surface area contributed by atoms with E-state index in [1.54, 1.807) is 12.4 Å². The molecule has 92 valence electrons. The first kappa shape index (κ1) is 11.8. The molecule has 2 heterocycles. The van der Waals surface area contributed by atoms with Crippen molar-refractivity contribution >= 4 is 12.3 Å². The summed E-state index contributed by atoms with van der Waals surface area (Å²) in [4.78, 5) is 23.1. The Morgan fingerprint density at radius 3 is 2.65 bits per heavy atom. The molecule has 1 saturated heterocycles. The van der Waals surface area contributed by atoms with E-state index in [9.17, 15) is 4.79 Å². The SMILES string of the molecule is CN1CCN(c2cnc(COC=O)cn2)CC1. The fraction of sp³-hybridized carbons (Fsp3) is 0.545. The highest BCUT2D eigenvalue weighted by Gasteiger charge is 2.15. The lowest BCUT2D eigenvalue weighted by atomic mass is 10.3. The van der Waals surface area contributed by atoms with Crippen LogP contribution in [0.25, 0.3) is 0 Å². The topological polar surface area (TPSA) is 58.6 Å². The second-order valence-electron chi connectivity index (χ2n) is 4.06. The minimum absolute atomic E-state index is 0.180. The third-order valence-corrected chi connectivity index (χ3v) is 2.82. The van der Waals surface area contributed by atoms with Gasteiger partial charge in [-0.05, 0) is 7.05 Å². The van der Waals surface area contributed by atoms with Gasteiger partial charge in [0.25, 0.3) is 6.47 Å². The first-order valence-corrected chi connectivity index (χ1v) is 5.59. The molecule has 6 nitrogen and oxygen atoms in total. The van der Waals surface area contributed by atoms with E-state index in [0.29, 0.717) is 12.2 Å². The molecule has 0 unspecified atom stereocenters. The molecule has 1 fully saturated rings. The van der Waals surface area contributed by atoms with Gasteiger partial charge in [-0.25, -0.2) is 4.98 Å². The molecule has 1 aliphatic heterocycles. The third-order valence-electron chi connectivity index (χ3n) is 2.82. The molecule has 0 amide bonds. The van der Waals surface area contributed by atoms with Crippen LogP contribution in [0.4, 0.5) is 5.82 Å². The molecule has 1 aliphatic rings. The van der Waals surface area contributed by atoms with Crippen LogP contribution in [-0.4, -0.2) is 54.6 Å². The van der Waals surface area contributed by atoms with Crippen LogP contribution in [0.5, 0.6) is 0 Å². The number of hydrogen-bond acceptors (Lipinski definition) is 6. The van der Waals surface area contributed by atoms with E-state index >= 15 is 0 Å². The molecule has 0 atom stereocenters. The van der Waals surface area contributed by atoms with Gasteiger partial charge < -0.3 is 14.5 Å². The molecule has 1 aromatic heterocycles. The van der Waals surface area contributed by atoms with Crippen molar-refractivity contribution in [2.24, 2.45) is 0 Å². The zero-order valence-electron chi connectivity index (χ0n) is 9.87. The Morgan fingerprint density at radius 2 is 2.06 bits per heavy atom. The van der Waals surface area contributed by atoms with Crippen LogP contribution in [0.2, 0.25) is 0 Å². The minimum Gasteiger partial charge on any atom is -0.461 e. The third kappa shape index (κ3) is 3.13. The van der Waals surface area contributed by atoms with Crippen molar-refractivity contribution in [2.75, 3.05) is 38.1 Å². The standard InChI is InChI=1S/C11H16N4O2/c1-14-2-4-15(5-3-14)11-7-12-10(6-13-11)8-17-9-16/h6-7,9H,2-5,8H2,1H3. The van der Waals surface area contributed by atoms with E-state index in [1.165, 1.54) is 0 Å². The highest BCUT2D eigenvalue weighted by molar-refractivity contribution is 5.38. The van der Waals surface area contributed by atoms with Crippen molar-refractivity contribution in [1.82, 2.24) is 14.9 Å². The molecule has 2 rings (SSSR count). The fourth-order valence-corrected chi connectivity index (χ4v) is 1.74. The van der Waals surface area contributed by atoms with Crippen LogP contribution in [0, 0.1) is 0 Å². The van der Waals surface area contributed by atoms with Crippen molar-refractivity contribution in [1.29, 1.82) is 0 Å². The molecular formula is C11H16N4O2. The molecule has 0 N–H and O–H groups in total. The first-order valence-electron chi connectivity index (χ1n) is 5.59. The van der Waals surface area contributed by atoms with Crippen LogP contribution in [0.3, 0.4) is 0 Å². The summed E-state index contributed by atoms with van der Waals surface area (Å²) in [6.07, 6.45) is 3.38. The summed E-state index contributed by atoms with van der Waals surface area (Å²) >= 11 is 0. The molecule has 0 aromatic carbocycles. The molecule has 0 bridgehead atoms. The molecule has 0 radical (unpaired) electrons. The highest BCUT2D eigenvalue weighted by Crippen LogP contribution is 2.11. The van der Waals surface area contributed by atoms with Crippen molar-refractivity contribution in [2.45, 2.75) is 6.61 Å². The lowest BCUT2D eigenvalue weighted by Crippen LogP contribution is -2.44. The van der Waals surface area contributed by atoms with E-state index in [1.807, 2.05) is 0 Å². The Hall–Kier alpha value is -1.69. The number of hydrogen-bond donors (Lipinski definition) is 0. The summed E-state index contributed by atoms with van der Waals surface area (Å²) in [6, 6.07) is 0. The van der Waals surface area contributed by atoms with Crippen LogP contribution in [-0.2, 0) is 16.1 Å². The summed E-state index contributed by atoms with van der Waals surface area (Å²) < 4.78 is 4.62. The van der Waals surface area contributed by atoms with Gasteiger partial charge in [0.1, 0.15) is 12.4 Å². The Balaban J connectivity index is 1.95. The van der Waals surface area contributed by atoms with E-state index < -0.39 is 0 Å². The summed E-state index contributed by atoms with van der Waals surface area (Å²) in [5.74, 6) is 0.882. The van der Waals surface area contributed by atoms with Crippen LogP contribution >= 0.6 is 0 Å². The van der Waals surface area contributed by atoms with Gasteiger partial charge in [-0.2, -0.15) is 0 Å². The normalized spacial score (nSPS) is 16.9. The quantitative estimate of drug-likeness (QED) is 0.680. The molecular weight excluding hydrogens is 220 g/mol. The lowest BCUT2D eigenvalue weighted by molar-refractivity contribution is -0.129. The van der Waals surface area contributed by atoms with Crippen molar-refractivity contribution in [3.63, 3.8) is 0 Å². The van der Waals surface area contributed by atoms with E-state index in [0.717, 1.165) is 32.0 Å². The lowest BCUT2D eigenvalue weighted by Gasteiger charge is -2.32. The molecule has 17 heavy (non-hydrogen) atoms.